The zero-order valence-corrected chi connectivity index (χ0v) is 10.8. The lowest BCUT2D eigenvalue weighted by Crippen LogP contribution is -2.37. The number of amides is 1. The molecule has 0 aliphatic rings. The van der Waals surface area contributed by atoms with Crippen LogP contribution in [0.4, 0.5) is 0 Å². The maximum atomic E-state index is 11.9. The first-order valence-corrected chi connectivity index (χ1v) is 6.45. The Bertz CT molecular complexity index is 168. The first-order valence-electron chi connectivity index (χ1n) is 6.45. The lowest BCUT2D eigenvalue weighted by atomic mass is 9.98. The second-order valence-electron chi connectivity index (χ2n) is 4.45. The Balaban J connectivity index is 3.91. The van der Waals surface area contributed by atoms with Crippen LogP contribution in [0.3, 0.4) is 0 Å². The maximum absolute atomic E-state index is 11.9. The van der Waals surface area contributed by atoms with Gasteiger partial charge in [0.2, 0.25) is 5.91 Å². The molecule has 1 N–H and O–H groups in total. The summed E-state index contributed by atoms with van der Waals surface area (Å²) in [5, 5.41) is 3.10. The summed E-state index contributed by atoms with van der Waals surface area (Å²) < 4.78 is 0. The third kappa shape index (κ3) is 6.53. The van der Waals surface area contributed by atoms with Crippen LogP contribution in [0.5, 0.6) is 0 Å². The van der Waals surface area contributed by atoms with Gasteiger partial charge in [-0.05, 0) is 26.2 Å². The van der Waals surface area contributed by atoms with Crippen LogP contribution in [0.2, 0.25) is 0 Å². The molecule has 2 unspecified atom stereocenters. The summed E-state index contributed by atoms with van der Waals surface area (Å²) in [5.74, 6) is 0.483. The van der Waals surface area contributed by atoms with E-state index in [0.717, 1.165) is 32.1 Å². The maximum Gasteiger partial charge on any atom is 0.223 e. The first-order chi connectivity index (χ1) is 7.15. The van der Waals surface area contributed by atoms with Crippen LogP contribution in [-0.4, -0.2) is 11.9 Å². The Morgan fingerprint density at radius 1 is 1.13 bits per heavy atom. The summed E-state index contributed by atoms with van der Waals surface area (Å²) >= 11 is 0. The molecule has 0 fully saturated rings. The zero-order chi connectivity index (χ0) is 11.7. The van der Waals surface area contributed by atoms with Gasteiger partial charge in [-0.15, -0.1) is 0 Å². The number of carbonyl (C=O) groups excluding carboxylic acids is 1. The van der Waals surface area contributed by atoms with Gasteiger partial charge in [0.05, 0.1) is 0 Å². The summed E-state index contributed by atoms with van der Waals surface area (Å²) in [7, 11) is 0. The second kappa shape index (κ2) is 8.75. The highest BCUT2D eigenvalue weighted by Gasteiger charge is 2.16. The first kappa shape index (κ1) is 14.5. The third-order valence-corrected chi connectivity index (χ3v) is 2.88. The van der Waals surface area contributed by atoms with Crippen molar-refractivity contribution in [3.8, 4) is 0 Å². The topological polar surface area (TPSA) is 29.1 Å². The molecule has 0 bridgehead atoms. The minimum absolute atomic E-state index is 0.226. The molecular weight excluding hydrogens is 186 g/mol. The van der Waals surface area contributed by atoms with Gasteiger partial charge >= 0.3 is 0 Å². The Morgan fingerprint density at radius 3 is 2.27 bits per heavy atom. The normalized spacial score (nSPS) is 14.7. The van der Waals surface area contributed by atoms with E-state index in [1.165, 1.54) is 6.42 Å². The number of hydrogen-bond donors (Lipinski definition) is 1. The molecule has 0 aromatic rings. The molecular formula is C13H27NO. The Kier molecular flexibility index (Phi) is 8.44. The number of unbranched alkanes of at least 4 members (excludes halogenated alkanes) is 1. The fourth-order valence-electron chi connectivity index (χ4n) is 1.84. The second-order valence-corrected chi connectivity index (χ2v) is 4.45. The average molecular weight is 213 g/mol. The summed E-state index contributed by atoms with van der Waals surface area (Å²) in [5.41, 5.74) is 0. The van der Waals surface area contributed by atoms with Crippen molar-refractivity contribution >= 4 is 5.91 Å². The van der Waals surface area contributed by atoms with E-state index in [1.54, 1.807) is 0 Å². The van der Waals surface area contributed by atoms with Crippen molar-refractivity contribution in [2.75, 3.05) is 0 Å². The van der Waals surface area contributed by atoms with Crippen molar-refractivity contribution in [3.05, 3.63) is 0 Å². The van der Waals surface area contributed by atoms with E-state index in [9.17, 15) is 4.79 Å². The fourth-order valence-corrected chi connectivity index (χ4v) is 1.84. The van der Waals surface area contributed by atoms with Gasteiger partial charge < -0.3 is 5.32 Å². The molecule has 2 atom stereocenters. The van der Waals surface area contributed by atoms with Crippen LogP contribution >= 0.6 is 0 Å². The molecule has 0 heterocycles. The van der Waals surface area contributed by atoms with Crippen molar-refractivity contribution in [1.82, 2.24) is 5.32 Å². The molecule has 0 aliphatic heterocycles. The van der Waals surface area contributed by atoms with Gasteiger partial charge in [-0.25, -0.2) is 0 Å². The van der Waals surface area contributed by atoms with Gasteiger partial charge in [0.15, 0.2) is 0 Å². The highest BCUT2D eigenvalue weighted by Crippen LogP contribution is 2.13. The highest BCUT2D eigenvalue weighted by atomic mass is 16.1. The number of nitrogens with one attached hydrogen (secondary N) is 1. The van der Waals surface area contributed by atoms with Gasteiger partial charge in [-0.1, -0.05) is 40.0 Å². The van der Waals surface area contributed by atoms with Crippen LogP contribution in [0.15, 0.2) is 0 Å². The Morgan fingerprint density at radius 2 is 1.80 bits per heavy atom. The van der Waals surface area contributed by atoms with Crippen molar-refractivity contribution in [2.24, 2.45) is 5.92 Å². The number of carbonyl (C=O) groups is 1. The van der Waals surface area contributed by atoms with E-state index in [4.69, 9.17) is 0 Å². The fraction of sp³-hybridized carbons (Fsp3) is 0.923. The van der Waals surface area contributed by atoms with Gasteiger partial charge in [-0.2, -0.15) is 0 Å². The van der Waals surface area contributed by atoms with Crippen LogP contribution in [0, 0.1) is 5.92 Å². The lowest BCUT2D eigenvalue weighted by Gasteiger charge is -2.18. The third-order valence-electron chi connectivity index (χ3n) is 2.88. The minimum Gasteiger partial charge on any atom is -0.353 e. The van der Waals surface area contributed by atoms with Gasteiger partial charge in [0.1, 0.15) is 0 Å². The Labute approximate surface area is 94.8 Å². The van der Waals surface area contributed by atoms with Crippen LogP contribution in [-0.2, 0) is 4.79 Å². The molecule has 0 aliphatic carbocycles. The van der Waals surface area contributed by atoms with E-state index in [-0.39, 0.29) is 11.8 Å². The molecule has 2 heteroatoms. The molecule has 0 spiro atoms. The number of rotatable bonds is 8. The van der Waals surface area contributed by atoms with Crippen molar-refractivity contribution in [1.29, 1.82) is 0 Å². The molecule has 2 nitrogen and oxygen atoms in total. The molecule has 0 radical (unpaired) electrons. The SMILES string of the molecule is CCCCC(CC)C(=O)NC(C)CCC. The van der Waals surface area contributed by atoms with E-state index in [2.05, 4.69) is 33.0 Å². The summed E-state index contributed by atoms with van der Waals surface area (Å²) in [4.78, 5) is 11.9. The van der Waals surface area contributed by atoms with Gasteiger partial charge in [-0.3, -0.25) is 4.79 Å². The minimum atomic E-state index is 0.226. The highest BCUT2D eigenvalue weighted by molar-refractivity contribution is 5.78. The molecule has 0 saturated carbocycles. The van der Waals surface area contributed by atoms with E-state index in [0.29, 0.717) is 6.04 Å². The summed E-state index contributed by atoms with van der Waals surface area (Å²) in [6.45, 7) is 8.51. The van der Waals surface area contributed by atoms with Crippen molar-refractivity contribution in [3.63, 3.8) is 0 Å². The molecule has 15 heavy (non-hydrogen) atoms. The standard InChI is InChI=1S/C13H27NO/c1-5-8-10-12(7-3)13(15)14-11(4)9-6-2/h11-12H,5-10H2,1-4H3,(H,14,15). The Hall–Kier alpha value is -0.530. The van der Waals surface area contributed by atoms with Crippen LogP contribution < -0.4 is 5.32 Å². The van der Waals surface area contributed by atoms with Gasteiger partial charge in [0.25, 0.3) is 0 Å². The molecule has 1 amide bonds. The average Bonchev–Trinajstić information content (AvgIpc) is 2.19. The van der Waals surface area contributed by atoms with Crippen LogP contribution in [0.1, 0.15) is 66.2 Å². The quantitative estimate of drug-likeness (QED) is 0.657. The summed E-state index contributed by atoms with van der Waals surface area (Å²) in [6, 6.07) is 0.332. The van der Waals surface area contributed by atoms with Gasteiger partial charge in [0, 0.05) is 12.0 Å². The molecule has 0 saturated heterocycles. The predicted molar refractivity (Wildman–Crippen MR) is 65.8 cm³/mol. The number of hydrogen-bond acceptors (Lipinski definition) is 1. The molecule has 0 aromatic carbocycles. The van der Waals surface area contributed by atoms with E-state index >= 15 is 0 Å². The predicted octanol–water partition coefficient (Wildman–Crippen LogP) is 3.51. The van der Waals surface area contributed by atoms with Crippen LogP contribution in [0.25, 0.3) is 0 Å². The smallest absolute Gasteiger partial charge is 0.223 e. The molecule has 90 valence electrons. The largest absolute Gasteiger partial charge is 0.353 e. The zero-order valence-electron chi connectivity index (χ0n) is 10.8. The monoisotopic (exact) mass is 213 g/mol. The molecule has 0 rings (SSSR count). The van der Waals surface area contributed by atoms with Crippen molar-refractivity contribution < 1.29 is 4.79 Å². The molecule has 0 aromatic heterocycles. The van der Waals surface area contributed by atoms with Crippen molar-refractivity contribution in [2.45, 2.75) is 72.3 Å². The summed E-state index contributed by atoms with van der Waals surface area (Å²) in [6.07, 6.45) is 6.55. The lowest BCUT2D eigenvalue weighted by molar-refractivity contribution is -0.126. The van der Waals surface area contributed by atoms with E-state index in [1.807, 2.05) is 0 Å². The van der Waals surface area contributed by atoms with E-state index < -0.39 is 0 Å².